The summed E-state index contributed by atoms with van der Waals surface area (Å²) >= 11 is 0. The van der Waals surface area contributed by atoms with Crippen molar-refractivity contribution in [1.29, 1.82) is 0 Å². The van der Waals surface area contributed by atoms with Crippen LogP contribution in [-0.4, -0.2) is 81.4 Å². The monoisotopic (exact) mass is 275 g/mol. The van der Waals surface area contributed by atoms with Crippen molar-refractivity contribution in [3.8, 4) is 11.5 Å². The van der Waals surface area contributed by atoms with Gasteiger partial charge >= 0.3 is 0 Å². The van der Waals surface area contributed by atoms with Crippen molar-refractivity contribution in [1.82, 2.24) is 0 Å². The van der Waals surface area contributed by atoms with Crippen LogP contribution < -0.4 is 0 Å². The Hall–Kier alpha value is 0.535. The maximum absolute atomic E-state index is 10.5. The predicted molar refractivity (Wildman–Crippen MR) is 45.3 cm³/mol. The van der Waals surface area contributed by atoms with Crippen LogP contribution in [0, 0.1) is 0 Å². The first-order valence-corrected chi connectivity index (χ1v) is 4.35. The zero-order valence-electron chi connectivity index (χ0n) is 6.80. The van der Waals surface area contributed by atoms with E-state index in [9.17, 15) is 8.42 Å². The van der Waals surface area contributed by atoms with Gasteiger partial charge in [-0.1, -0.05) is 0 Å². The quantitative estimate of drug-likeness (QED) is 0.494. The first-order chi connectivity index (χ1) is 5.41. The van der Waals surface area contributed by atoms with E-state index in [1.807, 2.05) is 0 Å². The fraction of sp³-hybridized carbons (Fsp3) is 0. The summed E-state index contributed by atoms with van der Waals surface area (Å²) in [6.45, 7) is 0. The summed E-state index contributed by atoms with van der Waals surface area (Å²) in [4.78, 5) is -0.706. The van der Waals surface area contributed by atoms with Crippen molar-refractivity contribution in [2.24, 2.45) is 0 Å². The van der Waals surface area contributed by atoms with Crippen molar-refractivity contribution in [2.75, 3.05) is 0 Å². The predicted octanol–water partition coefficient (Wildman–Crippen LogP) is -0.0363. The number of benzene rings is 1. The van der Waals surface area contributed by atoms with E-state index in [2.05, 4.69) is 0 Å². The van der Waals surface area contributed by atoms with Crippen LogP contribution in [0.15, 0.2) is 23.1 Å². The molecule has 0 aliphatic heterocycles. The van der Waals surface area contributed by atoms with Gasteiger partial charge < -0.3 is 10.2 Å². The number of rotatable bonds is 1. The standard InChI is InChI=1S/C6H6O5S.Rb/c7-4-1-2-5(8)6(3-4)12(9,10)11;/h1-3,7-8H,(H,9,10,11);. The summed E-state index contributed by atoms with van der Waals surface area (Å²) < 4.78 is 29.5. The minimum Gasteiger partial charge on any atom is -0.508 e. The maximum Gasteiger partial charge on any atom is 0.298 e. The van der Waals surface area contributed by atoms with Gasteiger partial charge in [0.15, 0.2) is 0 Å². The van der Waals surface area contributed by atoms with Gasteiger partial charge in [0.05, 0.1) is 0 Å². The van der Waals surface area contributed by atoms with E-state index in [0.717, 1.165) is 18.2 Å². The van der Waals surface area contributed by atoms with Crippen molar-refractivity contribution >= 4 is 68.3 Å². The van der Waals surface area contributed by atoms with Gasteiger partial charge in [-0.05, 0) is 12.1 Å². The van der Waals surface area contributed by atoms with Crippen LogP contribution in [0.2, 0.25) is 0 Å². The summed E-state index contributed by atoms with van der Waals surface area (Å²) in [5.41, 5.74) is 0. The van der Waals surface area contributed by atoms with Gasteiger partial charge in [0, 0.05) is 64.3 Å². The molecular weight excluding hydrogens is 270 g/mol. The van der Waals surface area contributed by atoms with Gasteiger partial charge in [-0.2, -0.15) is 8.42 Å². The van der Waals surface area contributed by atoms with Gasteiger partial charge in [-0.3, -0.25) is 4.55 Å². The molecule has 0 saturated heterocycles. The van der Waals surface area contributed by atoms with Crippen LogP contribution in [0.5, 0.6) is 11.5 Å². The summed E-state index contributed by atoms with van der Waals surface area (Å²) in [6, 6.07) is 2.83. The van der Waals surface area contributed by atoms with E-state index in [1.54, 1.807) is 0 Å². The fourth-order valence-electron chi connectivity index (χ4n) is 0.709. The molecule has 0 aliphatic rings. The molecule has 0 fully saturated rings. The molecule has 7 heteroatoms. The second-order valence-electron chi connectivity index (χ2n) is 2.13. The zero-order valence-corrected chi connectivity index (χ0v) is 12.5. The van der Waals surface area contributed by atoms with Crippen LogP contribution in [0.25, 0.3) is 0 Å². The first-order valence-electron chi connectivity index (χ1n) is 2.91. The molecule has 13 heavy (non-hydrogen) atoms. The molecule has 1 aromatic rings. The smallest absolute Gasteiger partial charge is 0.298 e. The Labute approximate surface area is 124 Å². The van der Waals surface area contributed by atoms with Crippen molar-refractivity contribution in [3.05, 3.63) is 18.2 Å². The molecule has 5 nitrogen and oxygen atoms in total. The molecule has 67 valence electrons. The molecule has 3 N–H and O–H groups in total. The van der Waals surface area contributed by atoms with Crippen LogP contribution in [0.3, 0.4) is 0 Å². The van der Waals surface area contributed by atoms with E-state index < -0.39 is 20.8 Å². The van der Waals surface area contributed by atoms with Crippen LogP contribution in [0.1, 0.15) is 0 Å². The summed E-state index contributed by atoms with van der Waals surface area (Å²) in [5.74, 6) is -0.948. The molecular formula is C6H6O5RbS. The minimum absolute atomic E-state index is 0. The van der Waals surface area contributed by atoms with Gasteiger partial charge in [-0.15, -0.1) is 0 Å². The second kappa shape index (κ2) is 4.85. The molecule has 0 aromatic heterocycles. The summed E-state index contributed by atoms with van der Waals surface area (Å²) in [6.07, 6.45) is 0. The second-order valence-corrected chi connectivity index (χ2v) is 3.52. The number of phenolic OH excluding ortho intramolecular Hbond substituents is 2. The number of phenols is 2. The Kier molecular flexibility index (Phi) is 5.05. The van der Waals surface area contributed by atoms with E-state index in [4.69, 9.17) is 14.8 Å². The van der Waals surface area contributed by atoms with E-state index in [1.165, 1.54) is 0 Å². The summed E-state index contributed by atoms with van der Waals surface area (Å²) in [7, 11) is -4.47. The third-order valence-electron chi connectivity index (χ3n) is 1.22. The maximum atomic E-state index is 10.5. The van der Waals surface area contributed by atoms with Crippen molar-refractivity contribution < 1.29 is 23.2 Å². The van der Waals surface area contributed by atoms with Crippen molar-refractivity contribution in [2.45, 2.75) is 4.90 Å². The Morgan fingerprint density at radius 1 is 1.15 bits per heavy atom. The average molecular weight is 276 g/mol. The van der Waals surface area contributed by atoms with Gasteiger partial charge in [0.1, 0.15) is 16.4 Å². The van der Waals surface area contributed by atoms with E-state index in [-0.39, 0.29) is 63.9 Å². The molecule has 0 amide bonds. The molecule has 1 rings (SSSR count). The number of hydrogen-bond acceptors (Lipinski definition) is 4. The van der Waals surface area contributed by atoms with Gasteiger partial charge in [-0.25, -0.2) is 0 Å². The third-order valence-corrected chi connectivity index (χ3v) is 2.10. The molecule has 0 bridgehead atoms. The van der Waals surface area contributed by atoms with Crippen LogP contribution in [-0.2, 0) is 10.1 Å². The minimum atomic E-state index is -4.47. The molecule has 0 spiro atoms. The number of hydrogen-bond donors (Lipinski definition) is 3. The molecule has 1 aromatic carbocycles. The molecule has 0 aliphatic carbocycles. The number of aromatic hydroxyl groups is 2. The molecule has 0 heterocycles. The van der Waals surface area contributed by atoms with Gasteiger partial charge in [0.25, 0.3) is 10.1 Å². The molecule has 0 unspecified atom stereocenters. The van der Waals surface area contributed by atoms with E-state index >= 15 is 0 Å². The topological polar surface area (TPSA) is 94.8 Å². The zero-order chi connectivity index (χ0) is 9.35. The first kappa shape index (κ1) is 13.5. The van der Waals surface area contributed by atoms with Crippen LogP contribution >= 0.6 is 0 Å². The Morgan fingerprint density at radius 2 is 1.69 bits per heavy atom. The fourth-order valence-corrected chi connectivity index (χ4v) is 1.31. The average Bonchev–Trinajstić information content (AvgIpc) is 1.92. The van der Waals surface area contributed by atoms with Crippen LogP contribution in [0.4, 0.5) is 0 Å². The van der Waals surface area contributed by atoms with Crippen molar-refractivity contribution in [3.63, 3.8) is 0 Å². The molecule has 0 atom stereocenters. The molecule has 0 saturated carbocycles. The Balaban J connectivity index is 0.00000144. The summed E-state index contributed by atoms with van der Waals surface area (Å²) in [5, 5.41) is 17.7. The van der Waals surface area contributed by atoms with Gasteiger partial charge in [0.2, 0.25) is 0 Å². The normalized spacial score (nSPS) is 10.5. The Bertz CT molecular complexity index is 399. The Morgan fingerprint density at radius 3 is 2.08 bits per heavy atom. The largest absolute Gasteiger partial charge is 0.508 e. The molecule has 1 radical (unpaired) electrons. The third kappa shape index (κ3) is 3.65. The SMILES string of the molecule is O=S(=O)(O)c1cc(O)ccc1O.[Rb]. The van der Waals surface area contributed by atoms with E-state index in [0.29, 0.717) is 0 Å².